The number of hydrogen-bond acceptors (Lipinski definition) is 4. The Labute approximate surface area is 92.1 Å². The Morgan fingerprint density at radius 1 is 1.62 bits per heavy atom. The van der Waals surface area contributed by atoms with Crippen molar-refractivity contribution in [3.63, 3.8) is 0 Å². The summed E-state index contributed by atoms with van der Waals surface area (Å²) in [5.74, 6) is 0.928. The minimum Gasteiger partial charge on any atom is -0.254 e. The van der Waals surface area contributed by atoms with Gasteiger partial charge in [-0.25, -0.2) is 4.98 Å². The van der Waals surface area contributed by atoms with Gasteiger partial charge in [0, 0.05) is 5.75 Å². The van der Waals surface area contributed by atoms with Gasteiger partial charge in [-0.2, -0.15) is 5.10 Å². The van der Waals surface area contributed by atoms with Crippen LogP contribution in [-0.2, 0) is 5.75 Å². The molecule has 0 atom stereocenters. The summed E-state index contributed by atoms with van der Waals surface area (Å²) in [4.78, 5) is 4.03. The summed E-state index contributed by atoms with van der Waals surface area (Å²) in [6, 6.07) is 2.12. The molecule has 0 saturated heterocycles. The Kier molecular flexibility index (Phi) is 3.02. The van der Waals surface area contributed by atoms with E-state index in [4.69, 9.17) is 0 Å². The molecule has 0 aromatic carbocycles. The predicted octanol–water partition coefficient (Wildman–Crippen LogP) is 2.92. The van der Waals surface area contributed by atoms with Crippen LogP contribution in [0.5, 0.6) is 0 Å². The number of nitrogens with one attached hydrogen (secondary N) is 1. The van der Waals surface area contributed by atoms with Crippen LogP contribution in [0.25, 0.3) is 0 Å². The molecule has 0 aliphatic carbocycles. The van der Waals surface area contributed by atoms with E-state index in [2.05, 4.69) is 42.6 Å². The second-order valence-corrected chi connectivity index (χ2v) is 5.59. The molecule has 1 N–H and O–H groups in total. The number of aromatic nitrogens is 3. The van der Waals surface area contributed by atoms with Gasteiger partial charge in [0.25, 0.3) is 0 Å². The van der Waals surface area contributed by atoms with Gasteiger partial charge >= 0.3 is 0 Å². The van der Waals surface area contributed by atoms with Crippen LogP contribution in [0.1, 0.15) is 5.56 Å². The molecule has 2 aromatic rings. The molecule has 2 rings (SSSR count). The lowest BCUT2D eigenvalue weighted by Gasteiger charge is -1.92. The number of nitrogens with zero attached hydrogens (tertiary/aromatic N) is 2. The van der Waals surface area contributed by atoms with Gasteiger partial charge in [-0.15, -0.1) is 11.3 Å². The van der Waals surface area contributed by atoms with Crippen LogP contribution in [0.2, 0.25) is 0 Å². The fourth-order valence-corrected chi connectivity index (χ4v) is 2.86. The Balaban J connectivity index is 1.93. The van der Waals surface area contributed by atoms with Crippen molar-refractivity contribution in [3.05, 3.63) is 27.1 Å². The second kappa shape index (κ2) is 4.26. The average molecular weight is 276 g/mol. The van der Waals surface area contributed by atoms with Crippen LogP contribution >= 0.6 is 39.0 Å². The van der Waals surface area contributed by atoms with E-state index in [9.17, 15) is 0 Å². The predicted molar refractivity (Wildman–Crippen MR) is 58.0 cm³/mol. The summed E-state index contributed by atoms with van der Waals surface area (Å²) in [6.45, 7) is 0. The number of thioether (sulfide) groups is 1. The van der Waals surface area contributed by atoms with Crippen LogP contribution in [0.4, 0.5) is 0 Å². The van der Waals surface area contributed by atoms with E-state index >= 15 is 0 Å². The normalized spacial score (nSPS) is 10.5. The highest BCUT2D eigenvalue weighted by atomic mass is 79.9. The minimum atomic E-state index is 0.863. The third kappa shape index (κ3) is 2.55. The van der Waals surface area contributed by atoms with E-state index < -0.39 is 0 Å². The number of hydrogen-bond donors (Lipinski definition) is 1. The largest absolute Gasteiger partial charge is 0.254 e. The first-order valence-corrected chi connectivity index (χ1v) is 6.21. The molecule has 2 heterocycles. The molecule has 6 heteroatoms. The topological polar surface area (TPSA) is 41.6 Å². The Hall–Kier alpha value is -0.330. The number of halogens is 1. The molecule has 0 bridgehead atoms. The van der Waals surface area contributed by atoms with Gasteiger partial charge in [0.2, 0.25) is 0 Å². The van der Waals surface area contributed by atoms with Gasteiger partial charge in [0.1, 0.15) is 6.33 Å². The van der Waals surface area contributed by atoms with Gasteiger partial charge < -0.3 is 0 Å². The highest BCUT2D eigenvalue weighted by Gasteiger charge is 2.00. The van der Waals surface area contributed by atoms with Gasteiger partial charge in [-0.3, -0.25) is 5.10 Å². The fraction of sp³-hybridized carbons (Fsp3) is 0.143. The lowest BCUT2D eigenvalue weighted by molar-refractivity contribution is 0.973. The molecule has 13 heavy (non-hydrogen) atoms. The Morgan fingerprint density at radius 2 is 2.54 bits per heavy atom. The van der Waals surface area contributed by atoms with E-state index in [-0.39, 0.29) is 0 Å². The van der Waals surface area contributed by atoms with E-state index in [1.54, 1.807) is 23.1 Å². The van der Waals surface area contributed by atoms with Crippen LogP contribution in [-0.4, -0.2) is 15.2 Å². The van der Waals surface area contributed by atoms with Crippen molar-refractivity contribution in [1.82, 2.24) is 15.2 Å². The van der Waals surface area contributed by atoms with E-state index in [1.165, 1.54) is 15.7 Å². The zero-order valence-electron chi connectivity index (χ0n) is 6.53. The maximum Gasteiger partial charge on any atom is 0.183 e. The fourth-order valence-electron chi connectivity index (χ4n) is 0.837. The number of aromatic amines is 1. The number of rotatable bonds is 3. The summed E-state index contributed by atoms with van der Waals surface area (Å²) >= 11 is 6.77. The summed E-state index contributed by atoms with van der Waals surface area (Å²) in [7, 11) is 0. The molecule has 3 nitrogen and oxygen atoms in total. The van der Waals surface area contributed by atoms with Crippen molar-refractivity contribution in [3.8, 4) is 0 Å². The van der Waals surface area contributed by atoms with Crippen LogP contribution in [0.15, 0.2) is 26.7 Å². The Morgan fingerprint density at radius 3 is 3.15 bits per heavy atom. The first kappa shape index (κ1) is 9.23. The molecule has 0 saturated carbocycles. The van der Waals surface area contributed by atoms with Crippen molar-refractivity contribution in [1.29, 1.82) is 0 Å². The molecular formula is C7H6BrN3S2. The lowest BCUT2D eigenvalue weighted by Crippen LogP contribution is -1.77. The maximum atomic E-state index is 4.03. The molecule has 0 amide bonds. The van der Waals surface area contributed by atoms with Gasteiger partial charge in [-0.1, -0.05) is 11.8 Å². The quantitative estimate of drug-likeness (QED) is 0.876. The third-order valence-corrected chi connectivity index (χ3v) is 3.89. The smallest absolute Gasteiger partial charge is 0.183 e. The van der Waals surface area contributed by atoms with Crippen LogP contribution in [0, 0.1) is 0 Å². The van der Waals surface area contributed by atoms with Crippen molar-refractivity contribution in [2.45, 2.75) is 10.9 Å². The summed E-state index contributed by atoms with van der Waals surface area (Å²) < 4.78 is 1.17. The molecule has 0 radical (unpaired) electrons. The molecular weight excluding hydrogens is 270 g/mol. The van der Waals surface area contributed by atoms with Crippen LogP contribution < -0.4 is 0 Å². The Bertz CT molecular complexity index is 371. The van der Waals surface area contributed by atoms with Gasteiger partial charge in [-0.05, 0) is 32.9 Å². The molecule has 0 aliphatic heterocycles. The minimum absolute atomic E-state index is 0.863. The molecule has 0 fully saturated rings. The SMILES string of the molecule is Brc1cc(CSc2ncn[nH]2)cs1. The highest BCUT2D eigenvalue weighted by molar-refractivity contribution is 9.11. The van der Waals surface area contributed by atoms with Crippen molar-refractivity contribution >= 4 is 39.0 Å². The van der Waals surface area contributed by atoms with Crippen molar-refractivity contribution in [2.24, 2.45) is 0 Å². The zero-order valence-corrected chi connectivity index (χ0v) is 9.75. The standard InChI is InChI=1S/C7H6BrN3S2/c8-6-1-5(2-12-6)3-13-7-9-4-10-11-7/h1-2,4H,3H2,(H,9,10,11). The molecule has 0 aliphatic rings. The highest BCUT2D eigenvalue weighted by Crippen LogP contribution is 2.25. The monoisotopic (exact) mass is 275 g/mol. The maximum absolute atomic E-state index is 4.03. The summed E-state index contributed by atoms with van der Waals surface area (Å²) in [5.41, 5.74) is 1.30. The lowest BCUT2D eigenvalue weighted by atomic mass is 10.4. The molecule has 0 spiro atoms. The van der Waals surface area contributed by atoms with Crippen LogP contribution in [0.3, 0.4) is 0 Å². The molecule has 68 valence electrons. The molecule has 2 aromatic heterocycles. The third-order valence-electron chi connectivity index (χ3n) is 1.39. The van der Waals surface area contributed by atoms with Crippen molar-refractivity contribution < 1.29 is 0 Å². The summed E-state index contributed by atoms with van der Waals surface area (Å²) in [6.07, 6.45) is 1.52. The van der Waals surface area contributed by atoms with E-state index in [0.717, 1.165) is 10.9 Å². The zero-order chi connectivity index (χ0) is 9.10. The second-order valence-electron chi connectivity index (χ2n) is 2.34. The first-order chi connectivity index (χ1) is 6.34. The van der Waals surface area contributed by atoms with E-state index in [0.29, 0.717) is 0 Å². The van der Waals surface area contributed by atoms with Gasteiger partial charge in [0.05, 0.1) is 3.79 Å². The average Bonchev–Trinajstić information content (AvgIpc) is 2.71. The van der Waals surface area contributed by atoms with E-state index in [1.807, 2.05) is 0 Å². The summed E-state index contributed by atoms with van der Waals surface area (Å²) in [5, 5.41) is 9.58. The van der Waals surface area contributed by atoms with Crippen molar-refractivity contribution in [2.75, 3.05) is 0 Å². The first-order valence-electron chi connectivity index (χ1n) is 3.55. The number of H-pyrrole nitrogens is 1. The van der Waals surface area contributed by atoms with Gasteiger partial charge in [0.15, 0.2) is 5.16 Å². The number of thiophene rings is 1. The molecule has 0 unspecified atom stereocenters.